The van der Waals surface area contributed by atoms with E-state index in [4.69, 9.17) is 0 Å². The Morgan fingerprint density at radius 2 is 1.57 bits per heavy atom. The molecule has 0 aromatic heterocycles. The van der Waals surface area contributed by atoms with E-state index in [1.54, 1.807) is 0 Å². The van der Waals surface area contributed by atoms with Gasteiger partial charge in [0.25, 0.3) is 0 Å². The molecule has 0 aliphatic carbocycles. The van der Waals surface area contributed by atoms with E-state index in [2.05, 4.69) is 11.4 Å². The maximum absolute atomic E-state index is 10.6. The van der Waals surface area contributed by atoms with Crippen LogP contribution in [0, 0.1) is 0 Å². The van der Waals surface area contributed by atoms with E-state index in [1.165, 1.54) is 32.1 Å². The van der Waals surface area contributed by atoms with Crippen LogP contribution in [-0.2, 0) is 9.09 Å². The van der Waals surface area contributed by atoms with E-state index in [1.807, 2.05) is 0 Å². The van der Waals surface area contributed by atoms with Crippen LogP contribution in [0.3, 0.4) is 0 Å². The predicted octanol–water partition coefficient (Wildman–Crippen LogP) is 2.94. The van der Waals surface area contributed by atoms with E-state index >= 15 is 0 Å². The van der Waals surface area contributed by atoms with Crippen LogP contribution in [0.5, 0.6) is 0 Å². The lowest BCUT2D eigenvalue weighted by molar-refractivity contribution is -0.196. The molecule has 0 aliphatic rings. The molecule has 0 heterocycles. The molecular formula is C10H22O3P-. The minimum absolute atomic E-state index is 0.352. The zero-order valence-corrected chi connectivity index (χ0v) is 10.2. The summed E-state index contributed by atoms with van der Waals surface area (Å²) in [7, 11) is -3.48. The molecule has 0 rings (SSSR count). The van der Waals surface area contributed by atoms with Crippen molar-refractivity contribution in [1.82, 2.24) is 0 Å². The molecule has 86 valence electrons. The predicted molar refractivity (Wildman–Crippen MR) is 57.5 cm³/mol. The van der Waals surface area contributed by atoms with Gasteiger partial charge in [-0.15, -0.1) is 0 Å². The maximum Gasteiger partial charge on any atom is 0.131 e. The quantitative estimate of drug-likeness (QED) is 0.444. The molecule has 0 amide bonds. The zero-order chi connectivity index (χ0) is 10.9. The van der Waals surface area contributed by atoms with E-state index in [-0.39, 0.29) is 0 Å². The molecule has 1 atom stereocenters. The Balaban J connectivity index is 3.03. The third-order valence-corrected chi connectivity index (χ3v) is 2.73. The van der Waals surface area contributed by atoms with Crippen LogP contribution in [0.4, 0.5) is 0 Å². The van der Waals surface area contributed by atoms with Crippen LogP contribution >= 0.6 is 7.60 Å². The second kappa shape index (κ2) is 8.46. The molecule has 1 unspecified atom stereocenters. The highest BCUT2D eigenvalue weighted by Crippen LogP contribution is 2.31. The minimum Gasteiger partial charge on any atom is -0.779 e. The summed E-state index contributed by atoms with van der Waals surface area (Å²) in [4.78, 5) is 10.6. The fraction of sp³-hybridized carbons (Fsp3) is 1.00. The van der Waals surface area contributed by atoms with Gasteiger partial charge >= 0.3 is 0 Å². The van der Waals surface area contributed by atoms with Crippen molar-refractivity contribution < 1.29 is 14.0 Å². The maximum atomic E-state index is 10.6. The Kier molecular flexibility index (Phi) is 8.55. The molecule has 0 bridgehead atoms. The monoisotopic (exact) mass is 221 g/mol. The summed E-state index contributed by atoms with van der Waals surface area (Å²) in [6.07, 6.45) is 8.24. The third-order valence-electron chi connectivity index (χ3n) is 2.07. The molecule has 0 radical (unpaired) electrons. The first-order valence-corrected chi connectivity index (χ1v) is 7.48. The molecule has 0 aliphatic heterocycles. The topological polar surface area (TPSA) is 49.4 Å². The van der Waals surface area contributed by atoms with Gasteiger partial charge in [-0.2, -0.15) is 0 Å². The van der Waals surface area contributed by atoms with Gasteiger partial charge in [0.1, 0.15) is 7.60 Å². The van der Waals surface area contributed by atoms with Gasteiger partial charge < -0.3 is 14.0 Å². The third kappa shape index (κ3) is 12.2. The smallest absolute Gasteiger partial charge is 0.131 e. The Bertz CT molecular complexity index is 165. The van der Waals surface area contributed by atoms with Crippen molar-refractivity contribution >= 4 is 7.60 Å². The standard InChI is InChI=1S/C10H23O3P/c1-3-4-5-6-7-8-9-10-13-14(2,11)12/h3-10H2,1-2H3,(H,11,12)/p-1. The van der Waals surface area contributed by atoms with Crippen molar-refractivity contribution in [3.8, 4) is 0 Å². The average molecular weight is 221 g/mol. The lowest BCUT2D eigenvalue weighted by Crippen LogP contribution is -2.03. The molecule has 14 heavy (non-hydrogen) atoms. The zero-order valence-electron chi connectivity index (χ0n) is 9.33. The van der Waals surface area contributed by atoms with E-state index < -0.39 is 7.60 Å². The van der Waals surface area contributed by atoms with Gasteiger partial charge in [-0.25, -0.2) is 0 Å². The number of rotatable bonds is 9. The molecule has 0 fully saturated rings. The molecule has 0 aromatic rings. The molecule has 3 nitrogen and oxygen atoms in total. The molecule has 0 N–H and O–H groups in total. The lowest BCUT2D eigenvalue weighted by atomic mass is 10.1. The SMILES string of the molecule is CCCCCCCCCOP(C)(=O)[O-]. The fourth-order valence-electron chi connectivity index (χ4n) is 1.29. The van der Waals surface area contributed by atoms with Crippen molar-refractivity contribution in [3.63, 3.8) is 0 Å². The van der Waals surface area contributed by atoms with Crippen molar-refractivity contribution in [2.45, 2.75) is 51.9 Å². The molecule has 4 heteroatoms. The minimum atomic E-state index is -3.48. The summed E-state index contributed by atoms with van der Waals surface area (Å²) in [6.45, 7) is 3.67. The van der Waals surface area contributed by atoms with E-state index in [0.717, 1.165) is 19.5 Å². The van der Waals surface area contributed by atoms with Crippen LogP contribution in [0.15, 0.2) is 0 Å². The Hall–Kier alpha value is 0.150. The largest absolute Gasteiger partial charge is 0.779 e. The summed E-state index contributed by atoms with van der Waals surface area (Å²) in [5.41, 5.74) is 0. The van der Waals surface area contributed by atoms with Gasteiger partial charge in [0.2, 0.25) is 0 Å². The van der Waals surface area contributed by atoms with Crippen LogP contribution in [0.2, 0.25) is 0 Å². The van der Waals surface area contributed by atoms with Gasteiger partial charge in [0.15, 0.2) is 0 Å². The van der Waals surface area contributed by atoms with Crippen LogP contribution in [-0.4, -0.2) is 13.3 Å². The highest BCUT2D eigenvalue weighted by atomic mass is 31.2. The molecule has 0 spiro atoms. The van der Waals surface area contributed by atoms with Gasteiger partial charge in [0, 0.05) is 6.66 Å². The van der Waals surface area contributed by atoms with Gasteiger partial charge in [-0.1, -0.05) is 45.4 Å². The van der Waals surface area contributed by atoms with Crippen molar-refractivity contribution in [2.24, 2.45) is 0 Å². The Morgan fingerprint density at radius 3 is 2.07 bits per heavy atom. The normalized spacial score (nSPS) is 15.4. The highest BCUT2D eigenvalue weighted by Gasteiger charge is 1.97. The fourth-order valence-corrected chi connectivity index (χ4v) is 1.75. The number of unbranched alkanes of at least 4 members (excludes halogenated alkanes) is 6. The molecule has 0 saturated carbocycles. The van der Waals surface area contributed by atoms with Crippen molar-refractivity contribution in [2.75, 3.05) is 13.3 Å². The van der Waals surface area contributed by atoms with Crippen LogP contribution in [0.25, 0.3) is 0 Å². The summed E-state index contributed by atoms with van der Waals surface area (Å²) >= 11 is 0. The Labute approximate surface area is 87.4 Å². The van der Waals surface area contributed by atoms with Crippen molar-refractivity contribution in [3.05, 3.63) is 0 Å². The second-order valence-corrected chi connectivity index (χ2v) is 5.53. The van der Waals surface area contributed by atoms with E-state index in [9.17, 15) is 9.46 Å². The summed E-state index contributed by atoms with van der Waals surface area (Å²) < 4.78 is 15.3. The first-order chi connectivity index (χ1) is 6.56. The highest BCUT2D eigenvalue weighted by molar-refractivity contribution is 7.50. The summed E-state index contributed by atoms with van der Waals surface area (Å²) in [5, 5.41) is 0. The van der Waals surface area contributed by atoms with Gasteiger partial charge in [-0.05, 0) is 6.42 Å². The first kappa shape index (κ1) is 14.2. The van der Waals surface area contributed by atoms with Crippen molar-refractivity contribution in [1.29, 1.82) is 0 Å². The van der Waals surface area contributed by atoms with E-state index in [0.29, 0.717) is 6.61 Å². The van der Waals surface area contributed by atoms with Gasteiger partial charge in [-0.3, -0.25) is 0 Å². The molecular weight excluding hydrogens is 199 g/mol. The summed E-state index contributed by atoms with van der Waals surface area (Å²) in [6, 6.07) is 0. The molecule has 0 saturated heterocycles. The van der Waals surface area contributed by atoms with Gasteiger partial charge in [0.05, 0.1) is 6.61 Å². The second-order valence-electron chi connectivity index (χ2n) is 3.73. The average Bonchev–Trinajstić information content (AvgIpc) is 2.08. The summed E-state index contributed by atoms with van der Waals surface area (Å²) in [5.74, 6) is 0. The van der Waals surface area contributed by atoms with Crippen LogP contribution in [0.1, 0.15) is 51.9 Å². The molecule has 0 aromatic carbocycles. The lowest BCUT2D eigenvalue weighted by Gasteiger charge is -2.17. The number of hydrogen-bond donors (Lipinski definition) is 0. The number of hydrogen-bond acceptors (Lipinski definition) is 3. The Morgan fingerprint density at radius 1 is 1.07 bits per heavy atom. The van der Waals surface area contributed by atoms with Crippen LogP contribution < -0.4 is 4.89 Å². The first-order valence-electron chi connectivity index (χ1n) is 5.49.